The number of nitrogens with zero attached hydrogens (tertiary/aromatic N) is 1. The number of alkyl halides is 1. The number of rotatable bonds is 6. The Labute approximate surface area is 102 Å². The molecular weight excluding hydrogens is 250 g/mol. The number of hydrogen-bond donors (Lipinski definition) is 0. The lowest BCUT2D eigenvalue weighted by Gasteiger charge is -2.17. The number of aryl methyl sites for hydroxylation is 1. The van der Waals surface area contributed by atoms with Crippen LogP contribution in [0.4, 0.5) is 0 Å². The van der Waals surface area contributed by atoms with E-state index in [1.54, 1.807) is 0 Å². The molecule has 1 nitrogen and oxygen atoms in total. The molecule has 0 heterocycles. The first kappa shape index (κ1) is 12.7. The van der Waals surface area contributed by atoms with Gasteiger partial charge in [-0.25, -0.2) is 0 Å². The number of benzene rings is 1. The lowest BCUT2D eigenvalue weighted by Crippen LogP contribution is -2.21. The molecular formula is C13H20BrN. The summed E-state index contributed by atoms with van der Waals surface area (Å²) in [6.45, 7) is 7.74. The SMILES string of the molecule is CCN(CC)Cc1ccc(CCBr)cc1. The van der Waals surface area contributed by atoms with Crippen molar-refractivity contribution in [2.75, 3.05) is 18.4 Å². The molecule has 0 aliphatic heterocycles. The van der Waals surface area contributed by atoms with Crippen LogP contribution in [0.25, 0.3) is 0 Å². The van der Waals surface area contributed by atoms with E-state index in [1.807, 2.05) is 0 Å². The topological polar surface area (TPSA) is 3.24 Å². The molecule has 0 spiro atoms. The van der Waals surface area contributed by atoms with Crippen LogP contribution in [0.1, 0.15) is 25.0 Å². The molecule has 1 aromatic rings. The summed E-state index contributed by atoms with van der Waals surface area (Å²) >= 11 is 3.46. The Balaban J connectivity index is 2.55. The Kier molecular flexibility index (Phi) is 5.96. The summed E-state index contributed by atoms with van der Waals surface area (Å²) in [7, 11) is 0. The zero-order valence-electron chi connectivity index (χ0n) is 9.67. The third-order valence-electron chi connectivity index (χ3n) is 2.71. The van der Waals surface area contributed by atoms with Crippen molar-refractivity contribution in [3.05, 3.63) is 35.4 Å². The van der Waals surface area contributed by atoms with Gasteiger partial charge in [0.1, 0.15) is 0 Å². The van der Waals surface area contributed by atoms with Crippen molar-refractivity contribution in [2.24, 2.45) is 0 Å². The molecule has 1 aromatic carbocycles. The molecule has 0 radical (unpaired) electrons. The summed E-state index contributed by atoms with van der Waals surface area (Å²) in [6.07, 6.45) is 1.12. The molecule has 0 unspecified atom stereocenters. The molecule has 0 atom stereocenters. The Morgan fingerprint density at radius 3 is 2.00 bits per heavy atom. The second-order valence-corrected chi connectivity index (χ2v) is 4.51. The summed E-state index contributed by atoms with van der Waals surface area (Å²) in [5, 5.41) is 1.04. The zero-order chi connectivity index (χ0) is 11.1. The largest absolute Gasteiger partial charge is 0.300 e. The van der Waals surface area contributed by atoms with Crippen LogP contribution in [-0.2, 0) is 13.0 Å². The van der Waals surface area contributed by atoms with Crippen molar-refractivity contribution in [1.29, 1.82) is 0 Å². The van der Waals surface area contributed by atoms with Crippen molar-refractivity contribution in [2.45, 2.75) is 26.8 Å². The highest BCUT2D eigenvalue weighted by molar-refractivity contribution is 9.09. The first-order valence-electron chi connectivity index (χ1n) is 5.66. The van der Waals surface area contributed by atoms with E-state index in [1.165, 1.54) is 11.1 Å². The van der Waals surface area contributed by atoms with Crippen molar-refractivity contribution >= 4 is 15.9 Å². The summed E-state index contributed by atoms with van der Waals surface area (Å²) < 4.78 is 0. The van der Waals surface area contributed by atoms with E-state index in [9.17, 15) is 0 Å². The summed E-state index contributed by atoms with van der Waals surface area (Å²) in [4.78, 5) is 2.43. The van der Waals surface area contributed by atoms with E-state index in [0.717, 1.165) is 31.4 Å². The van der Waals surface area contributed by atoms with Gasteiger partial charge in [-0.15, -0.1) is 0 Å². The third-order valence-corrected chi connectivity index (χ3v) is 3.10. The summed E-state index contributed by atoms with van der Waals surface area (Å²) in [5.74, 6) is 0. The van der Waals surface area contributed by atoms with Gasteiger partial charge < -0.3 is 0 Å². The van der Waals surface area contributed by atoms with Crippen LogP contribution in [0, 0.1) is 0 Å². The van der Waals surface area contributed by atoms with E-state index in [4.69, 9.17) is 0 Å². The van der Waals surface area contributed by atoms with E-state index in [0.29, 0.717) is 0 Å². The van der Waals surface area contributed by atoms with Crippen molar-refractivity contribution in [3.8, 4) is 0 Å². The Morgan fingerprint density at radius 2 is 1.53 bits per heavy atom. The molecule has 0 N–H and O–H groups in total. The molecule has 0 amide bonds. The Hall–Kier alpha value is -0.340. The van der Waals surface area contributed by atoms with Crippen LogP contribution in [0.3, 0.4) is 0 Å². The van der Waals surface area contributed by atoms with E-state index >= 15 is 0 Å². The molecule has 0 fully saturated rings. The zero-order valence-corrected chi connectivity index (χ0v) is 11.3. The van der Waals surface area contributed by atoms with Crippen molar-refractivity contribution in [3.63, 3.8) is 0 Å². The fourth-order valence-electron chi connectivity index (χ4n) is 1.63. The van der Waals surface area contributed by atoms with Gasteiger partial charge in [0.25, 0.3) is 0 Å². The maximum Gasteiger partial charge on any atom is 0.0233 e. The van der Waals surface area contributed by atoms with Crippen LogP contribution < -0.4 is 0 Å². The highest BCUT2D eigenvalue weighted by Gasteiger charge is 2.00. The van der Waals surface area contributed by atoms with Gasteiger partial charge in [-0.05, 0) is 30.6 Å². The fraction of sp³-hybridized carbons (Fsp3) is 0.538. The maximum absolute atomic E-state index is 3.46. The smallest absolute Gasteiger partial charge is 0.0233 e. The first-order chi connectivity index (χ1) is 7.30. The van der Waals surface area contributed by atoms with Gasteiger partial charge in [0, 0.05) is 11.9 Å². The molecule has 0 bridgehead atoms. The van der Waals surface area contributed by atoms with E-state index in [2.05, 4.69) is 58.9 Å². The predicted octanol–water partition coefficient (Wildman–Crippen LogP) is 3.47. The fourth-order valence-corrected chi connectivity index (χ4v) is 2.08. The lowest BCUT2D eigenvalue weighted by atomic mass is 10.1. The van der Waals surface area contributed by atoms with Gasteiger partial charge in [-0.1, -0.05) is 54.0 Å². The minimum atomic E-state index is 1.04. The van der Waals surface area contributed by atoms with E-state index < -0.39 is 0 Å². The first-order valence-corrected chi connectivity index (χ1v) is 6.78. The third kappa shape index (κ3) is 4.35. The minimum absolute atomic E-state index is 1.04. The normalized spacial score (nSPS) is 10.9. The second-order valence-electron chi connectivity index (χ2n) is 3.72. The van der Waals surface area contributed by atoms with Crippen LogP contribution in [0.15, 0.2) is 24.3 Å². The van der Waals surface area contributed by atoms with E-state index in [-0.39, 0.29) is 0 Å². The van der Waals surface area contributed by atoms with Gasteiger partial charge >= 0.3 is 0 Å². The van der Waals surface area contributed by atoms with Gasteiger partial charge in [0.2, 0.25) is 0 Å². The molecule has 0 aromatic heterocycles. The standard InChI is InChI=1S/C13H20BrN/c1-3-15(4-2)11-13-7-5-12(6-8-13)9-10-14/h5-8H,3-4,9-11H2,1-2H3. The average Bonchev–Trinajstić information content (AvgIpc) is 2.28. The average molecular weight is 270 g/mol. The van der Waals surface area contributed by atoms with Crippen LogP contribution >= 0.6 is 15.9 Å². The molecule has 84 valence electrons. The Bertz CT molecular complexity index is 264. The molecule has 15 heavy (non-hydrogen) atoms. The monoisotopic (exact) mass is 269 g/mol. The number of hydrogen-bond acceptors (Lipinski definition) is 1. The maximum atomic E-state index is 3.46. The molecule has 0 aliphatic carbocycles. The number of halogens is 1. The highest BCUT2D eigenvalue weighted by atomic mass is 79.9. The minimum Gasteiger partial charge on any atom is -0.300 e. The van der Waals surface area contributed by atoms with Gasteiger partial charge in [-0.2, -0.15) is 0 Å². The van der Waals surface area contributed by atoms with Crippen LogP contribution in [0.2, 0.25) is 0 Å². The van der Waals surface area contributed by atoms with Gasteiger partial charge in [-0.3, -0.25) is 4.90 Å². The van der Waals surface area contributed by atoms with Crippen molar-refractivity contribution in [1.82, 2.24) is 4.90 Å². The molecule has 1 rings (SSSR count). The van der Waals surface area contributed by atoms with Crippen LogP contribution in [-0.4, -0.2) is 23.3 Å². The van der Waals surface area contributed by atoms with Crippen LogP contribution in [0.5, 0.6) is 0 Å². The molecule has 0 saturated carbocycles. The quantitative estimate of drug-likeness (QED) is 0.715. The summed E-state index contributed by atoms with van der Waals surface area (Å²) in [6, 6.07) is 8.97. The molecule has 2 heteroatoms. The van der Waals surface area contributed by atoms with Crippen molar-refractivity contribution < 1.29 is 0 Å². The van der Waals surface area contributed by atoms with Gasteiger partial charge in [0.15, 0.2) is 0 Å². The Morgan fingerprint density at radius 1 is 1.00 bits per heavy atom. The van der Waals surface area contributed by atoms with Gasteiger partial charge in [0.05, 0.1) is 0 Å². The molecule has 0 aliphatic rings. The highest BCUT2D eigenvalue weighted by Crippen LogP contribution is 2.08. The predicted molar refractivity (Wildman–Crippen MR) is 70.6 cm³/mol. The molecule has 0 saturated heterocycles. The second kappa shape index (κ2) is 7.02. The lowest BCUT2D eigenvalue weighted by molar-refractivity contribution is 0.296. The summed E-state index contributed by atoms with van der Waals surface area (Å²) in [5.41, 5.74) is 2.83.